The Bertz CT molecular complexity index is 1410. The van der Waals surface area contributed by atoms with E-state index in [1.807, 2.05) is 20.8 Å². The lowest BCUT2D eigenvalue weighted by atomic mass is 9.80. The van der Waals surface area contributed by atoms with E-state index in [1.54, 1.807) is 11.9 Å². The molecule has 5 amide bonds. The molecule has 14 nitrogen and oxygen atoms in total. The van der Waals surface area contributed by atoms with Gasteiger partial charge in [-0.05, 0) is 70.8 Å². The van der Waals surface area contributed by atoms with E-state index in [0.29, 0.717) is 32.5 Å². The third-order valence-electron chi connectivity index (χ3n) is 12.8. The molecule has 0 radical (unpaired) electrons. The van der Waals surface area contributed by atoms with Crippen molar-refractivity contribution in [1.82, 2.24) is 29.5 Å². The first-order valence-electron chi connectivity index (χ1n) is 19.0. The Kier molecular flexibility index (Phi) is 11.7. The summed E-state index contributed by atoms with van der Waals surface area (Å²) in [5.41, 5.74) is 4.55. The fraction of sp³-hybridized carbons (Fsp3) is 0.861. The molecular formula is C36H62N7O7S+. The third-order valence-corrected chi connectivity index (χ3v) is 14.8. The predicted octanol–water partition coefficient (Wildman–Crippen LogP) is 2.84. The molecular weight excluding hydrogens is 675 g/mol. The zero-order valence-electron chi connectivity index (χ0n) is 31.5. The summed E-state index contributed by atoms with van der Waals surface area (Å²) >= 11 is 0. The molecule has 1 spiro atoms. The van der Waals surface area contributed by atoms with E-state index in [9.17, 15) is 32.7 Å². The number of urea groups is 1. The molecule has 0 bridgehead atoms. The zero-order chi connectivity index (χ0) is 37.5. The van der Waals surface area contributed by atoms with Crippen LogP contribution in [-0.2, 0) is 34.0 Å². The Labute approximate surface area is 304 Å². The van der Waals surface area contributed by atoms with Crippen LogP contribution in [0.3, 0.4) is 0 Å². The number of Topliss-reactive ketones (excluding diaryl/α,β-unsaturated/α-hetero) is 1. The van der Waals surface area contributed by atoms with Gasteiger partial charge >= 0.3 is 16.6 Å². The van der Waals surface area contributed by atoms with E-state index < -0.39 is 63.8 Å². The fourth-order valence-corrected chi connectivity index (χ4v) is 10.3. The van der Waals surface area contributed by atoms with E-state index in [4.69, 9.17) is 5.73 Å². The minimum absolute atomic E-state index is 0.0893. The smallest absolute Gasteiger partial charge is 0.363 e. The highest BCUT2D eigenvalue weighted by molar-refractivity contribution is 7.93. The normalized spacial score (nSPS) is 30.6. The number of nitrogens with one attached hydrogen (secondary N) is 3. The Balaban J connectivity index is 1.36. The number of hydrogen-bond donors (Lipinski definition) is 5. The minimum Gasteiger partial charge on any atom is -0.363 e. The molecule has 0 aromatic rings. The monoisotopic (exact) mass is 736 g/mol. The van der Waals surface area contributed by atoms with Crippen LogP contribution in [0.1, 0.15) is 112 Å². The Morgan fingerprint density at radius 1 is 0.941 bits per heavy atom. The average molecular weight is 737 g/mol. The van der Waals surface area contributed by atoms with Crippen LogP contribution in [0.25, 0.3) is 0 Å². The number of carbonyl (C=O) groups is 5. The highest BCUT2D eigenvalue weighted by Gasteiger charge is 2.67. The Morgan fingerprint density at radius 2 is 1.59 bits per heavy atom. The summed E-state index contributed by atoms with van der Waals surface area (Å²) in [6, 6.07) is -3.85. The molecule has 5 rings (SSSR count). The van der Waals surface area contributed by atoms with Crippen LogP contribution in [0.2, 0.25) is 0 Å². The zero-order valence-corrected chi connectivity index (χ0v) is 32.3. The van der Waals surface area contributed by atoms with Crippen molar-refractivity contribution in [3.63, 3.8) is 0 Å². The third kappa shape index (κ3) is 8.62. The number of rotatable bonds is 12. The first-order valence-corrected chi connectivity index (χ1v) is 20.4. The number of nitrogens with two attached hydrogens (primary N) is 1. The standard InChI is InChI=1S/C36H61N7O7S/c1-34(2,3)27(20-42-17-11-16-41(6)51(42,49)50)39-33(48)40-28(24-14-8-7-9-15-24)32(47)43-22-36(21-35(36,4)5)19-26(43)31(46)38-25(29(44)30(37)45)18-23-12-10-13-23/h23-28H,7-22H2,1-6H3,(H5-,37,38,39,40,45,46,48,49,50)/p+1/t25?,26-,27+,28-,36-/m0/s1. The first-order chi connectivity index (χ1) is 23.8. The van der Waals surface area contributed by atoms with Gasteiger partial charge in [0.05, 0.1) is 25.2 Å². The number of carbonyl (C=O) groups excluding carboxylic acids is 5. The molecule has 2 saturated heterocycles. The average Bonchev–Trinajstić information content (AvgIpc) is 3.34. The van der Waals surface area contributed by atoms with Crippen LogP contribution in [0.15, 0.2) is 0 Å². The second-order valence-electron chi connectivity index (χ2n) is 17.8. The van der Waals surface area contributed by atoms with E-state index in [0.717, 1.165) is 64.2 Å². The highest BCUT2D eigenvalue weighted by atomic mass is 32.3. The lowest BCUT2D eigenvalue weighted by Gasteiger charge is -2.38. The molecule has 6 atom stereocenters. The molecule has 15 heteroatoms. The van der Waals surface area contributed by atoms with Gasteiger partial charge in [-0.1, -0.05) is 81.8 Å². The van der Waals surface area contributed by atoms with Crippen LogP contribution < -0.4 is 21.7 Å². The maximum Gasteiger partial charge on any atom is 0.374 e. The van der Waals surface area contributed by atoms with Gasteiger partial charge in [0.25, 0.3) is 5.91 Å². The summed E-state index contributed by atoms with van der Waals surface area (Å²) in [7, 11) is -1.80. The van der Waals surface area contributed by atoms with E-state index in [2.05, 4.69) is 29.8 Å². The molecule has 2 aliphatic heterocycles. The summed E-state index contributed by atoms with van der Waals surface area (Å²) < 4.78 is 27.0. The molecule has 5 fully saturated rings. The molecule has 2 unspecified atom stereocenters. The maximum absolute atomic E-state index is 14.8. The molecule has 51 heavy (non-hydrogen) atoms. The van der Waals surface area contributed by atoms with Crippen LogP contribution in [0.4, 0.5) is 4.79 Å². The van der Waals surface area contributed by atoms with Crippen molar-refractivity contribution in [3.05, 3.63) is 0 Å². The fourth-order valence-electron chi connectivity index (χ4n) is 8.80. The number of likely N-dealkylation sites (tertiary alicyclic amines) is 1. The van der Waals surface area contributed by atoms with E-state index >= 15 is 0 Å². The Hall–Kier alpha value is -2.62. The van der Waals surface area contributed by atoms with Gasteiger partial charge in [-0.15, -0.1) is 0 Å². The van der Waals surface area contributed by atoms with Crippen molar-refractivity contribution >= 4 is 40.1 Å². The van der Waals surface area contributed by atoms with Gasteiger partial charge < -0.3 is 26.6 Å². The van der Waals surface area contributed by atoms with Crippen LogP contribution in [-0.4, -0.2) is 105 Å². The van der Waals surface area contributed by atoms with Crippen LogP contribution in [0.5, 0.6) is 0 Å². The van der Waals surface area contributed by atoms with Crippen molar-refractivity contribution in [2.75, 3.05) is 33.2 Å². The number of primary amides is 1. The summed E-state index contributed by atoms with van der Waals surface area (Å²) in [5.74, 6) is -2.62. The van der Waals surface area contributed by atoms with Crippen molar-refractivity contribution in [3.8, 4) is 0 Å². The molecule has 0 aromatic heterocycles. The molecule has 3 saturated carbocycles. The van der Waals surface area contributed by atoms with Crippen molar-refractivity contribution in [2.24, 2.45) is 33.8 Å². The van der Waals surface area contributed by atoms with Gasteiger partial charge in [-0.25, -0.2) is 4.79 Å². The van der Waals surface area contributed by atoms with Crippen molar-refractivity contribution in [2.45, 2.75) is 136 Å². The van der Waals surface area contributed by atoms with Gasteiger partial charge in [0.2, 0.25) is 17.6 Å². The van der Waals surface area contributed by atoms with Gasteiger partial charge in [-0.2, -0.15) is 4.55 Å². The molecule has 3 aliphatic carbocycles. The summed E-state index contributed by atoms with van der Waals surface area (Å²) in [6.07, 6.45) is 9.61. The van der Waals surface area contributed by atoms with Gasteiger partial charge in [0.1, 0.15) is 12.1 Å². The highest BCUT2D eigenvalue weighted by Crippen LogP contribution is 2.69. The first kappa shape index (κ1) is 39.6. The predicted molar refractivity (Wildman–Crippen MR) is 194 cm³/mol. The van der Waals surface area contributed by atoms with E-state index in [-0.39, 0.29) is 35.1 Å². The molecule has 5 aliphatic rings. The summed E-state index contributed by atoms with van der Waals surface area (Å²) in [5, 5.41) is 8.91. The van der Waals surface area contributed by atoms with Crippen LogP contribution in [0, 0.1) is 28.1 Å². The topological polar surface area (TPSA) is 194 Å². The van der Waals surface area contributed by atoms with Crippen LogP contribution >= 0.6 is 0 Å². The van der Waals surface area contributed by atoms with Crippen molar-refractivity contribution < 1.29 is 32.7 Å². The summed E-state index contributed by atoms with van der Waals surface area (Å²) in [6.45, 7) is 11.6. The molecule has 2 heterocycles. The van der Waals surface area contributed by atoms with Gasteiger partial charge in [0.15, 0.2) is 0 Å². The van der Waals surface area contributed by atoms with Gasteiger partial charge in [-0.3, -0.25) is 19.2 Å². The second-order valence-corrected chi connectivity index (χ2v) is 19.9. The lowest BCUT2D eigenvalue weighted by molar-refractivity contribution is -0.143. The van der Waals surface area contributed by atoms with E-state index in [1.165, 1.54) is 8.61 Å². The Morgan fingerprint density at radius 3 is 2.14 bits per heavy atom. The quantitative estimate of drug-likeness (QED) is 0.150. The minimum atomic E-state index is -3.41. The second kappa shape index (κ2) is 15.0. The number of nitrogens with zero attached hydrogens (tertiary/aromatic N) is 3. The van der Waals surface area contributed by atoms with Gasteiger partial charge in [0, 0.05) is 20.1 Å². The number of amides is 5. The molecule has 6 N–H and O–H groups in total. The molecule has 0 aromatic carbocycles. The summed E-state index contributed by atoms with van der Waals surface area (Å²) in [4.78, 5) is 69.2. The number of ketones is 1. The largest absolute Gasteiger partial charge is 0.374 e. The maximum atomic E-state index is 14.8. The van der Waals surface area contributed by atoms with Crippen molar-refractivity contribution in [1.29, 1.82) is 0 Å². The SMILES string of the molecule is CN1CCCN(C[C@@H](NC(=O)N[C@H](C(=O)N2C[C@]3(C[C@H]2C(=O)NC(CC2CCC2)C(=O)C(N)=O)CC3(C)C)C2CCCCC2)C(C)(C)C)[S+]1(=O)O. The molecule has 288 valence electrons. The lowest BCUT2D eigenvalue weighted by Crippen LogP contribution is -2.62. The number of hydrogen-bond acceptors (Lipinski definition) is 6.